The number of thioether (sulfide) groups is 1. The Balaban J connectivity index is 1.92. The number of esters is 1. The Labute approximate surface area is 276 Å². The number of hydrogen-bond donors (Lipinski definition) is 2. The molecule has 1 saturated heterocycles. The number of nitrogens with zero attached hydrogens (tertiary/aromatic N) is 3. The van der Waals surface area contributed by atoms with Crippen LogP contribution in [0.2, 0.25) is 0 Å². The smallest absolute Gasteiger partial charge is 0.330 e. The zero-order valence-electron chi connectivity index (χ0n) is 27.9. The maximum Gasteiger partial charge on any atom is 0.330 e. The predicted molar refractivity (Wildman–Crippen MR) is 178 cm³/mol. The molecule has 5 atom stereocenters. The summed E-state index contributed by atoms with van der Waals surface area (Å²) in [6.07, 6.45) is 8.17. The lowest BCUT2D eigenvalue weighted by molar-refractivity contribution is -0.157. The number of fused-ring (bicyclic) bond motifs is 3. The molecule has 2 N–H and O–H groups in total. The molecule has 0 saturated carbocycles. The number of nitrogens with one attached hydrogen (secondary N) is 1. The lowest BCUT2D eigenvalue weighted by Gasteiger charge is -2.31. The van der Waals surface area contributed by atoms with Crippen LogP contribution in [0.4, 0.5) is 0 Å². The highest BCUT2D eigenvalue weighted by atomic mass is 32.2. The van der Waals surface area contributed by atoms with Gasteiger partial charge in [0.2, 0.25) is 11.8 Å². The van der Waals surface area contributed by atoms with Crippen molar-refractivity contribution in [1.29, 1.82) is 0 Å². The SMILES string of the molecule is CCN(CC)CCS[C@@H]1CCN2C(=O)c3coc(n3)CC(=O)C[C@H](O)/C=C(C)\C=C/CNC(=O)/C=C\[C@@H](C)[C@@H](C(C)C)OC(=O)[C@H]12. The summed E-state index contributed by atoms with van der Waals surface area (Å²) in [6.45, 7) is 15.2. The van der Waals surface area contributed by atoms with Gasteiger partial charge in [-0.1, -0.05) is 64.5 Å². The van der Waals surface area contributed by atoms with Gasteiger partial charge in [-0.25, -0.2) is 9.78 Å². The van der Waals surface area contributed by atoms with Gasteiger partial charge in [-0.15, -0.1) is 0 Å². The van der Waals surface area contributed by atoms with E-state index in [2.05, 4.69) is 29.0 Å². The van der Waals surface area contributed by atoms with E-state index < -0.39 is 30.1 Å². The highest BCUT2D eigenvalue weighted by Gasteiger charge is 2.45. The van der Waals surface area contributed by atoms with E-state index in [-0.39, 0.29) is 59.7 Å². The number of aliphatic hydroxyl groups excluding tert-OH is 1. The Kier molecular flexibility index (Phi) is 14.7. The van der Waals surface area contributed by atoms with E-state index in [4.69, 9.17) is 9.15 Å². The van der Waals surface area contributed by atoms with Gasteiger partial charge >= 0.3 is 5.97 Å². The first-order chi connectivity index (χ1) is 21.9. The number of carbonyl (C=O) groups is 4. The molecule has 2 amide bonds. The van der Waals surface area contributed by atoms with Crippen LogP contribution in [0.25, 0.3) is 0 Å². The van der Waals surface area contributed by atoms with E-state index >= 15 is 0 Å². The summed E-state index contributed by atoms with van der Waals surface area (Å²) in [5.74, 6) is -1.01. The van der Waals surface area contributed by atoms with Crippen LogP contribution in [0, 0.1) is 11.8 Å². The van der Waals surface area contributed by atoms with Crippen molar-refractivity contribution in [2.75, 3.05) is 38.5 Å². The minimum absolute atomic E-state index is 0.0110. The molecule has 12 heteroatoms. The van der Waals surface area contributed by atoms with Gasteiger partial charge in [0.25, 0.3) is 5.91 Å². The third-order valence-electron chi connectivity index (χ3n) is 8.24. The van der Waals surface area contributed by atoms with Crippen LogP contribution in [-0.4, -0.2) is 105 Å². The number of allylic oxidation sites excluding steroid dienone is 2. The molecule has 11 nitrogen and oxygen atoms in total. The summed E-state index contributed by atoms with van der Waals surface area (Å²) in [6, 6.07) is -0.838. The van der Waals surface area contributed by atoms with E-state index in [1.165, 1.54) is 17.2 Å². The summed E-state index contributed by atoms with van der Waals surface area (Å²) < 4.78 is 11.6. The van der Waals surface area contributed by atoms with Crippen LogP contribution < -0.4 is 5.32 Å². The summed E-state index contributed by atoms with van der Waals surface area (Å²) in [5.41, 5.74) is 0.740. The zero-order chi connectivity index (χ0) is 33.8. The van der Waals surface area contributed by atoms with Crippen LogP contribution in [0.1, 0.15) is 70.8 Å². The summed E-state index contributed by atoms with van der Waals surface area (Å²) >= 11 is 1.66. The molecular weight excluding hydrogens is 608 g/mol. The van der Waals surface area contributed by atoms with Gasteiger partial charge < -0.3 is 29.4 Å². The number of aromatic nitrogens is 1. The monoisotopic (exact) mass is 658 g/mol. The van der Waals surface area contributed by atoms with Crippen LogP contribution in [0.15, 0.2) is 46.6 Å². The molecule has 3 heterocycles. The molecule has 0 radical (unpaired) electrons. The van der Waals surface area contributed by atoms with Gasteiger partial charge in [0.15, 0.2) is 5.69 Å². The van der Waals surface area contributed by atoms with Gasteiger partial charge in [0.1, 0.15) is 24.2 Å². The van der Waals surface area contributed by atoms with Crippen molar-refractivity contribution in [2.45, 2.75) is 84.3 Å². The molecule has 1 aromatic heterocycles. The second kappa shape index (κ2) is 18.2. The second-order valence-corrected chi connectivity index (χ2v) is 13.6. The lowest BCUT2D eigenvalue weighted by atomic mass is 9.94. The van der Waals surface area contributed by atoms with Crippen molar-refractivity contribution in [3.8, 4) is 0 Å². The topological polar surface area (TPSA) is 142 Å². The third kappa shape index (κ3) is 10.9. The first-order valence-electron chi connectivity index (χ1n) is 16.2. The largest absolute Gasteiger partial charge is 0.460 e. The number of aliphatic hydroxyl groups is 1. The fraction of sp³-hybridized carbons (Fsp3) is 0.618. The van der Waals surface area contributed by atoms with Crippen molar-refractivity contribution in [3.63, 3.8) is 0 Å². The third-order valence-corrected chi connectivity index (χ3v) is 9.58. The fourth-order valence-corrected chi connectivity index (χ4v) is 7.09. The van der Waals surface area contributed by atoms with E-state index in [1.54, 1.807) is 43.0 Å². The van der Waals surface area contributed by atoms with Crippen molar-refractivity contribution in [2.24, 2.45) is 11.8 Å². The molecule has 1 fully saturated rings. The molecule has 46 heavy (non-hydrogen) atoms. The average molecular weight is 659 g/mol. The first kappa shape index (κ1) is 37.2. The van der Waals surface area contributed by atoms with E-state index in [1.807, 2.05) is 20.8 Å². The molecule has 3 rings (SSSR count). The van der Waals surface area contributed by atoms with E-state index in [0.717, 1.165) is 31.0 Å². The number of ether oxygens (including phenoxy) is 1. The Bertz CT molecular complexity index is 1290. The normalized spacial score (nSPS) is 28.4. The van der Waals surface area contributed by atoms with Crippen LogP contribution in [0.3, 0.4) is 0 Å². The number of oxazole rings is 1. The van der Waals surface area contributed by atoms with Crippen LogP contribution in [-0.2, 0) is 25.5 Å². The highest BCUT2D eigenvalue weighted by Crippen LogP contribution is 2.32. The summed E-state index contributed by atoms with van der Waals surface area (Å²) in [5, 5.41) is 13.0. The Hall–Kier alpha value is -3.22. The van der Waals surface area contributed by atoms with E-state index in [0.29, 0.717) is 13.0 Å². The molecule has 2 aliphatic heterocycles. The molecule has 0 unspecified atom stereocenters. The number of amides is 2. The number of ketones is 1. The predicted octanol–water partition coefficient (Wildman–Crippen LogP) is 3.59. The lowest BCUT2D eigenvalue weighted by Crippen LogP contribution is -2.47. The van der Waals surface area contributed by atoms with Gasteiger partial charge in [0.05, 0.1) is 12.5 Å². The molecule has 0 aliphatic carbocycles. The second-order valence-electron chi connectivity index (χ2n) is 12.2. The number of Topliss-reactive ketones (excluding diaryl/α,β-unsaturated/α-hetero) is 1. The molecule has 2 bridgehead atoms. The van der Waals surface area contributed by atoms with Gasteiger partial charge in [-0.05, 0) is 38.4 Å². The quantitative estimate of drug-likeness (QED) is 0.418. The highest BCUT2D eigenvalue weighted by molar-refractivity contribution is 8.00. The Morgan fingerprint density at radius 1 is 1.17 bits per heavy atom. The minimum Gasteiger partial charge on any atom is -0.460 e. The van der Waals surface area contributed by atoms with Crippen molar-refractivity contribution in [1.82, 2.24) is 20.1 Å². The van der Waals surface area contributed by atoms with Crippen molar-refractivity contribution >= 4 is 35.3 Å². The number of rotatable bonds is 7. The maximum absolute atomic E-state index is 14.0. The first-order valence-corrected chi connectivity index (χ1v) is 17.3. The van der Waals surface area contributed by atoms with Crippen LogP contribution >= 0.6 is 11.8 Å². The molecule has 2 aliphatic rings. The van der Waals surface area contributed by atoms with Crippen molar-refractivity contribution in [3.05, 3.63) is 53.8 Å². The number of cyclic esters (lactones) is 1. The zero-order valence-corrected chi connectivity index (χ0v) is 28.8. The van der Waals surface area contributed by atoms with Crippen molar-refractivity contribution < 1.29 is 33.4 Å². The Morgan fingerprint density at radius 2 is 1.91 bits per heavy atom. The van der Waals surface area contributed by atoms with Gasteiger partial charge in [-0.3, -0.25) is 14.4 Å². The summed E-state index contributed by atoms with van der Waals surface area (Å²) in [7, 11) is 0. The fourth-order valence-electron chi connectivity index (χ4n) is 5.71. The Morgan fingerprint density at radius 3 is 2.61 bits per heavy atom. The van der Waals surface area contributed by atoms with Gasteiger partial charge in [0, 0.05) is 43.0 Å². The summed E-state index contributed by atoms with van der Waals surface area (Å²) in [4.78, 5) is 61.0. The van der Waals surface area contributed by atoms with Crippen LogP contribution in [0.5, 0.6) is 0 Å². The minimum atomic E-state index is -1.02. The standard InChI is InChI=1S/C34H50N4O7S/c1-7-37(8-2)16-17-46-28-13-15-38-31(28)34(43)45-32(22(3)4)24(6)11-12-29(41)35-14-9-10-23(5)18-25(39)19-26(40)20-30-36-27(21-44-30)33(38)42/h9-12,18,21-22,24-25,28,31-32,39H,7-8,13-17,19-20H2,1-6H3,(H,35,41)/b10-9-,12-11-,23-18-/t24-,25-,28-,31+,32-/m1/s1. The maximum atomic E-state index is 14.0. The van der Waals surface area contributed by atoms with Gasteiger partial charge in [-0.2, -0.15) is 11.8 Å². The molecule has 1 aromatic rings. The molecular formula is C34H50N4O7S. The molecule has 254 valence electrons. The average Bonchev–Trinajstić information content (AvgIpc) is 3.65. The molecule has 0 aromatic carbocycles. The number of hydrogen-bond acceptors (Lipinski definition) is 10. The number of carbonyl (C=O) groups excluding carboxylic acids is 4. The molecule has 0 spiro atoms. The van der Waals surface area contributed by atoms with E-state index in [9.17, 15) is 24.3 Å².